The predicted molar refractivity (Wildman–Crippen MR) is 124 cm³/mol. The number of aromatic nitrogens is 3. The van der Waals surface area contributed by atoms with Crippen LogP contribution in [-0.2, 0) is 9.59 Å². The zero-order valence-electron chi connectivity index (χ0n) is 19.2. The second kappa shape index (κ2) is 10.5. The van der Waals surface area contributed by atoms with Crippen molar-refractivity contribution in [3.63, 3.8) is 0 Å². The molecule has 180 valence electrons. The molecule has 0 spiro atoms. The van der Waals surface area contributed by atoms with Gasteiger partial charge in [0.15, 0.2) is 11.5 Å². The summed E-state index contributed by atoms with van der Waals surface area (Å²) < 4.78 is 21.6. The zero-order valence-corrected chi connectivity index (χ0v) is 19.2. The fourth-order valence-corrected chi connectivity index (χ4v) is 3.35. The highest BCUT2D eigenvalue weighted by Crippen LogP contribution is 2.42. The number of aromatic amines is 1. The van der Waals surface area contributed by atoms with E-state index in [1.165, 1.54) is 28.4 Å². The normalized spacial score (nSPS) is 11.4. The van der Waals surface area contributed by atoms with Gasteiger partial charge in [-0.05, 0) is 30.3 Å². The molecule has 0 saturated carbocycles. The second-order valence-electron chi connectivity index (χ2n) is 7.13. The number of nitrogens with one attached hydrogen (secondary N) is 2. The molecule has 1 heterocycles. The highest BCUT2D eigenvalue weighted by atomic mass is 16.5. The Morgan fingerprint density at radius 1 is 0.971 bits per heavy atom. The lowest BCUT2D eigenvalue weighted by Gasteiger charge is -2.15. The SMILES string of the molecule is COc1ccc(-c2[nH]nnc2-c2cc(OC)c(OC)c(OC)c2)cc1NC(=O)C(N)CC(N)=O. The summed E-state index contributed by atoms with van der Waals surface area (Å²) in [5.41, 5.74) is 13.6. The van der Waals surface area contributed by atoms with Gasteiger partial charge in [0, 0.05) is 11.1 Å². The van der Waals surface area contributed by atoms with Crippen LogP contribution in [0.5, 0.6) is 23.0 Å². The van der Waals surface area contributed by atoms with Crippen molar-refractivity contribution in [2.24, 2.45) is 11.5 Å². The molecule has 3 aromatic rings. The maximum absolute atomic E-state index is 12.4. The van der Waals surface area contributed by atoms with E-state index in [2.05, 4.69) is 20.7 Å². The number of hydrogen-bond acceptors (Lipinski definition) is 9. The van der Waals surface area contributed by atoms with Crippen molar-refractivity contribution in [3.05, 3.63) is 30.3 Å². The molecule has 0 aliphatic rings. The second-order valence-corrected chi connectivity index (χ2v) is 7.13. The smallest absolute Gasteiger partial charge is 0.241 e. The first-order valence-electron chi connectivity index (χ1n) is 10.1. The van der Waals surface area contributed by atoms with E-state index in [0.29, 0.717) is 51.2 Å². The molecule has 0 aliphatic heterocycles. The first kappa shape index (κ1) is 24.3. The van der Waals surface area contributed by atoms with Gasteiger partial charge in [0.05, 0.1) is 52.3 Å². The van der Waals surface area contributed by atoms with Crippen molar-refractivity contribution in [2.45, 2.75) is 12.5 Å². The molecule has 1 atom stereocenters. The van der Waals surface area contributed by atoms with E-state index in [-0.39, 0.29) is 6.42 Å². The summed E-state index contributed by atoms with van der Waals surface area (Å²) in [6.07, 6.45) is -0.288. The van der Waals surface area contributed by atoms with E-state index in [9.17, 15) is 9.59 Å². The third-order valence-corrected chi connectivity index (χ3v) is 4.99. The van der Waals surface area contributed by atoms with Gasteiger partial charge in [0.25, 0.3) is 0 Å². The first-order chi connectivity index (χ1) is 16.3. The van der Waals surface area contributed by atoms with Crippen molar-refractivity contribution in [2.75, 3.05) is 33.8 Å². The Labute approximate surface area is 195 Å². The summed E-state index contributed by atoms with van der Waals surface area (Å²) in [6.45, 7) is 0. The molecule has 0 fully saturated rings. The van der Waals surface area contributed by atoms with Gasteiger partial charge in [-0.3, -0.25) is 14.7 Å². The highest BCUT2D eigenvalue weighted by Gasteiger charge is 2.21. The molecule has 3 rings (SSSR count). The number of amides is 2. The Bertz CT molecular complexity index is 1170. The molecule has 12 nitrogen and oxygen atoms in total. The third kappa shape index (κ3) is 5.02. The largest absolute Gasteiger partial charge is 0.495 e. The van der Waals surface area contributed by atoms with Gasteiger partial charge < -0.3 is 35.7 Å². The standard InChI is InChI=1S/C22H26N6O6/c1-31-15-6-5-11(7-14(15)25-22(30)13(23)10-18(24)29)19-20(27-28-26-19)12-8-16(32-2)21(34-4)17(9-12)33-3/h5-9,13H,10,23H2,1-4H3,(H2,24,29)(H,25,30)(H,26,27,28). The number of ether oxygens (including phenoxy) is 4. The van der Waals surface area contributed by atoms with Crippen molar-refractivity contribution in [1.29, 1.82) is 0 Å². The molecule has 12 heteroatoms. The average molecular weight is 470 g/mol. The van der Waals surface area contributed by atoms with Crippen LogP contribution in [-0.4, -0.2) is 61.7 Å². The van der Waals surface area contributed by atoms with Crippen LogP contribution in [0.1, 0.15) is 6.42 Å². The number of anilines is 1. The van der Waals surface area contributed by atoms with Crippen LogP contribution < -0.4 is 35.7 Å². The number of carbonyl (C=O) groups is 2. The van der Waals surface area contributed by atoms with Gasteiger partial charge in [-0.1, -0.05) is 5.21 Å². The summed E-state index contributed by atoms with van der Waals surface area (Å²) in [4.78, 5) is 23.5. The Morgan fingerprint density at radius 3 is 2.18 bits per heavy atom. The molecule has 0 bridgehead atoms. The minimum atomic E-state index is -1.10. The van der Waals surface area contributed by atoms with Gasteiger partial charge >= 0.3 is 0 Å². The van der Waals surface area contributed by atoms with Crippen LogP contribution in [0.25, 0.3) is 22.5 Å². The molecule has 1 aromatic heterocycles. The fraction of sp³-hybridized carbons (Fsp3) is 0.273. The molecule has 2 aromatic carbocycles. The van der Waals surface area contributed by atoms with Crippen LogP contribution in [0.2, 0.25) is 0 Å². The first-order valence-corrected chi connectivity index (χ1v) is 10.1. The average Bonchev–Trinajstić information content (AvgIpc) is 3.32. The molecule has 0 aliphatic carbocycles. The van der Waals surface area contributed by atoms with Gasteiger partial charge in [-0.15, -0.1) is 5.10 Å². The Morgan fingerprint density at radius 2 is 1.62 bits per heavy atom. The number of primary amides is 1. The Balaban J connectivity index is 2.02. The third-order valence-electron chi connectivity index (χ3n) is 4.99. The Kier molecular flexibility index (Phi) is 7.53. The van der Waals surface area contributed by atoms with Crippen LogP contribution in [0.4, 0.5) is 5.69 Å². The van der Waals surface area contributed by atoms with Gasteiger partial charge in [0.1, 0.15) is 11.4 Å². The van der Waals surface area contributed by atoms with E-state index < -0.39 is 17.9 Å². The number of methoxy groups -OCH3 is 4. The van der Waals surface area contributed by atoms with E-state index in [0.717, 1.165) is 0 Å². The number of carbonyl (C=O) groups excluding carboxylic acids is 2. The summed E-state index contributed by atoms with van der Waals surface area (Å²) in [5.74, 6) is 0.489. The molecule has 34 heavy (non-hydrogen) atoms. The number of nitrogens with zero attached hydrogens (tertiary/aromatic N) is 2. The minimum absolute atomic E-state index is 0.288. The van der Waals surface area contributed by atoms with Crippen molar-refractivity contribution in [1.82, 2.24) is 15.4 Å². The molecular formula is C22H26N6O6. The van der Waals surface area contributed by atoms with Crippen LogP contribution in [0, 0.1) is 0 Å². The lowest BCUT2D eigenvalue weighted by Crippen LogP contribution is -2.39. The zero-order chi connectivity index (χ0) is 24.8. The summed E-state index contributed by atoms with van der Waals surface area (Å²) in [7, 11) is 6.02. The summed E-state index contributed by atoms with van der Waals surface area (Å²) >= 11 is 0. The molecule has 0 radical (unpaired) electrons. The van der Waals surface area contributed by atoms with Crippen molar-refractivity contribution >= 4 is 17.5 Å². The molecule has 1 unspecified atom stereocenters. The molecule has 6 N–H and O–H groups in total. The monoisotopic (exact) mass is 470 g/mol. The van der Waals surface area contributed by atoms with Crippen molar-refractivity contribution in [3.8, 4) is 45.5 Å². The van der Waals surface area contributed by atoms with E-state index in [1.54, 1.807) is 30.3 Å². The van der Waals surface area contributed by atoms with E-state index in [1.807, 2.05) is 0 Å². The number of rotatable bonds is 10. The Hall–Kier alpha value is -4.32. The predicted octanol–water partition coefficient (Wildman–Crippen LogP) is 1.31. The van der Waals surface area contributed by atoms with Gasteiger partial charge in [-0.2, -0.15) is 0 Å². The fourth-order valence-electron chi connectivity index (χ4n) is 3.35. The maximum atomic E-state index is 12.4. The van der Waals surface area contributed by atoms with E-state index in [4.69, 9.17) is 30.4 Å². The highest BCUT2D eigenvalue weighted by molar-refractivity contribution is 5.99. The summed E-state index contributed by atoms with van der Waals surface area (Å²) in [6, 6.07) is 7.51. The lowest BCUT2D eigenvalue weighted by molar-refractivity contribution is -0.123. The molecule has 2 amide bonds. The minimum Gasteiger partial charge on any atom is -0.495 e. The van der Waals surface area contributed by atoms with Crippen LogP contribution in [0.15, 0.2) is 30.3 Å². The molecular weight excluding hydrogens is 444 g/mol. The number of benzene rings is 2. The quantitative estimate of drug-likeness (QED) is 0.340. The van der Waals surface area contributed by atoms with Crippen LogP contribution >= 0.6 is 0 Å². The number of hydrogen-bond donors (Lipinski definition) is 4. The number of H-pyrrole nitrogens is 1. The van der Waals surface area contributed by atoms with Gasteiger partial charge in [0.2, 0.25) is 17.6 Å². The lowest BCUT2D eigenvalue weighted by atomic mass is 10.0. The topological polar surface area (TPSA) is 177 Å². The van der Waals surface area contributed by atoms with Gasteiger partial charge in [-0.25, -0.2) is 0 Å². The van der Waals surface area contributed by atoms with E-state index >= 15 is 0 Å². The summed E-state index contributed by atoms with van der Waals surface area (Å²) in [5, 5.41) is 13.7. The van der Waals surface area contributed by atoms with Crippen LogP contribution in [0.3, 0.4) is 0 Å². The maximum Gasteiger partial charge on any atom is 0.241 e. The molecule has 0 saturated heterocycles. The van der Waals surface area contributed by atoms with Crippen molar-refractivity contribution < 1.29 is 28.5 Å². The number of nitrogens with two attached hydrogens (primary N) is 2.